The molecule has 0 amide bonds. The highest BCUT2D eigenvalue weighted by atomic mass is 16.8. The van der Waals surface area contributed by atoms with E-state index in [1.54, 1.807) is 0 Å². The molecule has 0 spiro atoms. The monoisotopic (exact) mass is 1100 g/mol. The van der Waals surface area contributed by atoms with Crippen LogP contribution in [0.4, 0.5) is 0 Å². The highest BCUT2D eigenvalue weighted by Gasteiger charge is 2.70. The number of fused-ring (bicyclic) bond motifs is 7. The highest BCUT2D eigenvalue weighted by molar-refractivity contribution is 5.73. The molecule has 8 fully saturated rings. The van der Waals surface area contributed by atoms with Gasteiger partial charge >= 0.3 is 5.97 Å². The molecule has 5 unspecified atom stereocenters. The first-order chi connectivity index (χ1) is 36.0. The molecule has 4 aliphatic heterocycles. The fourth-order valence-electron chi connectivity index (χ4n) is 16.6. The van der Waals surface area contributed by atoms with Gasteiger partial charge < -0.3 is 109 Å². The molecule has 77 heavy (non-hydrogen) atoms. The number of carboxylic acids is 1. The van der Waals surface area contributed by atoms with Crippen LogP contribution >= 0.6 is 0 Å². The van der Waals surface area contributed by atoms with Gasteiger partial charge in [0, 0.05) is 5.41 Å². The third kappa shape index (κ3) is 9.70. The van der Waals surface area contributed by atoms with E-state index in [1.165, 1.54) is 12.5 Å². The van der Waals surface area contributed by atoms with Gasteiger partial charge in [0.15, 0.2) is 31.3 Å². The number of hydrogen-bond donors (Lipinski definition) is 14. The van der Waals surface area contributed by atoms with Crippen LogP contribution in [-0.2, 0) is 42.7 Å². The highest BCUT2D eigenvalue weighted by Crippen LogP contribution is 2.76. The van der Waals surface area contributed by atoms with E-state index in [2.05, 4.69) is 54.5 Å². The lowest BCUT2D eigenvalue weighted by Crippen LogP contribution is -2.69. The second-order valence-corrected chi connectivity index (χ2v) is 26.5. The van der Waals surface area contributed by atoms with Gasteiger partial charge in [0.05, 0.1) is 38.1 Å². The van der Waals surface area contributed by atoms with E-state index in [4.69, 9.17) is 37.9 Å². The fraction of sp³-hybridized carbons (Fsp3) is 0.944. The first kappa shape index (κ1) is 60.0. The molecule has 9 aliphatic rings. The van der Waals surface area contributed by atoms with Gasteiger partial charge in [0.1, 0.15) is 85.5 Å². The molecular formula is C54H88O23. The number of carbonyl (C=O) groups is 1. The van der Waals surface area contributed by atoms with Gasteiger partial charge in [-0.15, -0.1) is 0 Å². The molecule has 0 aromatic heterocycles. The Morgan fingerprint density at radius 2 is 1.16 bits per heavy atom. The summed E-state index contributed by atoms with van der Waals surface area (Å²) >= 11 is 0. The van der Waals surface area contributed by atoms with Gasteiger partial charge in [0.25, 0.3) is 0 Å². The Bertz CT molecular complexity index is 2130. The van der Waals surface area contributed by atoms with Crippen molar-refractivity contribution in [3.05, 3.63) is 11.6 Å². The van der Waals surface area contributed by atoms with E-state index in [0.717, 1.165) is 38.5 Å². The van der Waals surface area contributed by atoms with Gasteiger partial charge in [-0.1, -0.05) is 60.1 Å². The van der Waals surface area contributed by atoms with Crippen molar-refractivity contribution in [2.45, 2.75) is 248 Å². The van der Waals surface area contributed by atoms with Crippen molar-refractivity contribution in [2.24, 2.45) is 50.2 Å². The van der Waals surface area contributed by atoms with Crippen LogP contribution in [-0.4, -0.2) is 232 Å². The molecule has 0 aromatic carbocycles. The van der Waals surface area contributed by atoms with Gasteiger partial charge in [-0.25, -0.2) is 4.79 Å². The van der Waals surface area contributed by atoms with Crippen LogP contribution in [0.25, 0.3) is 0 Å². The number of rotatable bonds is 12. The molecule has 4 heterocycles. The van der Waals surface area contributed by atoms with Crippen LogP contribution in [0, 0.1) is 50.2 Å². The Morgan fingerprint density at radius 1 is 0.584 bits per heavy atom. The standard InChI is InChI=1S/C54H88O23/c1-22-31(59)34(62)37(65)45(70-22)76-42-36(64)33(61)26(20-56)72-47(42)74-40-39(67)41(44(68)69)75-48(43(40)77-46-38(66)35(63)32(60)25(19-55)71-46)73-30-12-13-51(6)27(50(30,4)5)11-14-52(7)28(51)10-9-23-24-17-49(2,3)15-16-54(24,21-57)29(58)18-53(23,52)8/h9,22,24-43,45-48,55-67H,10-21H2,1-8H3,(H,68,69)/t22-,24-,25?,26+,27-,28+,29+,30-,31-,32?,33-,34+,35?,36-,37+,38?,39-,40-,41-,42+,43+,45-,46?,47-,48+,51-,52+,53+,54+/m0/s1. The molecule has 5 aliphatic carbocycles. The summed E-state index contributed by atoms with van der Waals surface area (Å²) in [5.74, 6) is -1.51. The topological polar surface area (TPSA) is 374 Å². The van der Waals surface area contributed by atoms with E-state index in [-0.39, 0.29) is 46.0 Å². The second-order valence-electron chi connectivity index (χ2n) is 26.5. The van der Waals surface area contributed by atoms with E-state index in [0.29, 0.717) is 19.3 Å². The Balaban J connectivity index is 1.05. The van der Waals surface area contributed by atoms with Crippen molar-refractivity contribution >= 4 is 5.97 Å². The van der Waals surface area contributed by atoms with Crippen LogP contribution in [0.15, 0.2) is 11.6 Å². The van der Waals surface area contributed by atoms with Crippen molar-refractivity contribution in [3.63, 3.8) is 0 Å². The summed E-state index contributed by atoms with van der Waals surface area (Å²) < 4.78 is 49.0. The predicted octanol–water partition coefficient (Wildman–Crippen LogP) is -1.47. The third-order valence-corrected chi connectivity index (χ3v) is 21.5. The molecule has 0 bridgehead atoms. The molecule has 23 nitrogen and oxygen atoms in total. The minimum atomic E-state index is -2.23. The molecule has 23 heteroatoms. The van der Waals surface area contributed by atoms with Crippen molar-refractivity contribution in [2.75, 3.05) is 19.8 Å². The summed E-state index contributed by atoms with van der Waals surface area (Å²) in [4.78, 5) is 13.1. The second kappa shape index (κ2) is 21.5. The van der Waals surface area contributed by atoms with Crippen LogP contribution in [0.3, 0.4) is 0 Å². The summed E-state index contributed by atoms with van der Waals surface area (Å²) in [7, 11) is 0. The number of allylic oxidation sites excluding steroid dienone is 2. The Kier molecular flexibility index (Phi) is 16.8. The summed E-state index contributed by atoms with van der Waals surface area (Å²) in [5.41, 5.74) is -0.808. The maximum absolute atomic E-state index is 13.1. The first-order valence-corrected chi connectivity index (χ1v) is 27.8. The normalized spacial score (nSPS) is 54.5. The number of aliphatic hydroxyl groups is 13. The van der Waals surface area contributed by atoms with Crippen LogP contribution in [0.1, 0.15) is 113 Å². The van der Waals surface area contributed by atoms with Gasteiger partial charge in [-0.2, -0.15) is 0 Å². The van der Waals surface area contributed by atoms with E-state index < -0.39 is 165 Å². The molecule has 0 aromatic rings. The molecule has 4 saturated carbocycles. The summed E-state index contributed by atoms with van der Waals surface area (Å²) in [6.45, 7) is 15.3. The number of hydrogen-bond acceptors (Lipinski definition) is 22. The number of aliphatic hydroxyl groups excluding tert-OH is 13. The summed E-state index contributed by atoms with van der Waals surface area (Å²) in [6, 6.07) is 0. The average molecular weight is 1110 g/mol. The first-order valence-electron chi connectivity index (χ1n) is 27.8. The Labute approximate surface area is 449 Å². The van der Waals surface area contributed by atoms with Crippen molar-refractivity contribution < 1.29 is 114 Å². The fourth-order valence-corrected chi connectivity index (χ4v) is 16.6. The van der Waals surface area contributed by atoms with Gasteiger partial charge in [-0.05, 0) is 110 Å². The maximum Gasteiger partial charge on any atom is 0.335 e. The molecule has 14 N–H and O–H groups in total. The number of ether oxygens (including phenoxy) is 8. The van der Waals surface area contributed by atoms with Crippen molar-refractivity contribution in [3.8, 4) is 0 Å². The lowest BCUT2D eigenvalue weighted by molar-refractivity contribution is -0.406. The quantitative estimate of drug-likeness (QED) is 0.0783. The maximum atomic E-state index is 13.1. The lowest BCUT2D eigenvalue weighted by atomic mass is 9.33. The van der Waals surface area contributed by atoms with Gasteiger partial charge in [-0.3, -0.25) is 0 Å². The SMILES string of the molecule is C[C@@H]1O[C@@H](O[C@H]2[C@H](O[C@H]3[C@H](O)[C@@H](C(=O)O)O[C@@H](O[C@H]4CC[C@]5(C)[C@H]6CC=C7[C@@H]8CC(C)(C)CC[C@]8(CO)[C@H](O)C[C@@]7(C)[C@]6(C)CC[C@H]5C4(C)C)[C@@H]3OC3OC(CO)C(O)C(O)C3O)O[C@H](CO)[C@H](O)[C@@H]2O)[C@H](O)[C@H](O)[C@H]1O. The zero-order valence-corrected chi connectivity index (χ0v) is 45.4. The average Bonchev–Trinajstić information content (AvgIpc) is 3.55. The minimum absolute atomic E-state index is 0.0121. The van der Waals surface area contributed by atoms with Crippen LogP contribution in [0.2, 0.25) is 0 Å². The molecule has 29 atom stereocenters. The van der Waals surface area contributed by atoms with Crippen LogP contribution < -0.4 is 0 Å². The largest absolute Gasteiger partial charge is 0.479 e. The predicted molar refractivity (Wildman–Crippen MR) is 263 cm³/mol. The number of aliphatic carboxylic acids is 1. The zero-order valence-electron chi connectivity index (χ0n) is 45.4. The van der Waals surface area contributed by atoms with E-state index in [9.17, 15) is 76.3 Å². The van der Waals surface area contributed by atoms with E-state index >= 15 is 0 Å². The van der Waals surface area contributed by atoms with Gasteiger partial charge in [0.2, 0.25) is 0 Å². The Hall–Kier alpha value is -1.63. The summed E-state index contributed by atoms with van der Waals surface area (Å²) in [6.07, 6.45) is -29.7. The molecule has 9 rings (SSSR count). The number of carboxylic acid groups (broad SMARTS) is 1. The molecule has 4 saturated heterocycles. The van der Waals surface area contributed by atoms with E-state index in [1.807, 2.05) is 0 Å². The zero-order chi connectivity index (χ0) is 56.4. The minimum Gasteiger partial charge on any atom is -0.479 e. The summed E-state index contributed by atoms with van der Waals surface area (Å²) in [5, 5.41) is 154. The van der Waals surface area contributed by atoms with Crippen molar-refractivity contribution in [1.29, 1.82) is 0 Å². The lowest BCUT2D eigenvalue weighted by Gasteiger charge is -2.72. The van der Waals surface area contributed by atoms with Crippen LogP contribution in [0.5, 0.6) is 0 Å². The molecule has 0 radical (unpaired) electrons. The third-order valence-electron chi connectivity index (χ3n) is 21.5. The Morgan fingerprint density at radius 3 is 1.78 bits per heavy atom. The van der Waals surface area contributed by atoms with Crippen molar-refractivity contribution in [1.82, 2.24) is 0 Å². The molecule has 442 valence electrons. The smallest absolute Gasteiger partial charge is 0.335 e. The molecular weight excluding hydrogens is 1020 g/mol.